The number of carbonyl (C=O) groups excluding carboxylic acids is 1. The van der Waals surface area contributed by atoms with E-state index in [1.165, 1.54) is 26.7 Å². The van der Waals surface area contributed by atoms with E-state index >= 15 is 0 Å². The van der Waals surface area contributed by atoms with Crippen LogP contribution in [0.2, 0.25) is 0 Å². The number of nitrogens with zero attached hydrogens (tertiary/aromatic N) is 4. The van der Waals surface area contributed by atoms with E-state index in [1.807, 2.05) is 0 Å². The second kappa shape index (κ2) is 10.2. The monoisotopic (exact) mass is 518 g/mol. The van der Waals surface area contributed by atoms with Gasteiger partial charge in [0, 0.05) is 17.5 Å². The Bertz CT molecular complexity index is 1290. The molecule has 2 fully saturated rings. The van der Waals surface area contributed by atoms with Crippen LogP contribution >= 0.6 is 0 Å². The average molecular weight is 519 g/mol. The molecular weight excluding hydrogens is 489 g/mol. The van der Waals surface area contributed by atoms with Crippen LogP contribution in [0, 0.1) is 5.92 Å². The number of benzene rings is 1. The van der Waals surface area contributed by atoms with E-state index in [0.717, 1.165) is 51.0 Å². The fourth-order valence-electron chi connectivity index (χ4n) is 5.48. The number of rotatable bonds is 6. The first kappa shape index (κ1) is 25.3. The molecule has 0 N–H and O–H groups in total. The van der Waals surface area contributed by atoms with Gasteiger partial charge in [0.05, 0.1) is 32.7 Å². The van der Waals surface area contributed by atoms with Gasteiger partial charge in [-0.3, -0.25) is 4.90 Å². The minimum absolute atomic E-state index is 0.0143. The van der Waals surface area contributed by atoms with Gasteiger partial charge >= 0.3 is 12.1 Å². The van der Waals surface area contributed by atoms with Crippen molar-refractivity contribution >= 4 is 11.6 Å². The minimum Gasteiger partial charge on any atom is -0.493 e. The second-order valence-electron chi connectivity index (χ2n) is 9.49. The highest BCUT2D eigenvalue weighted by Gasteiger charge is 2.37. The SMILES string of the molecule is COc1ccc(-c2cc(C(F)(F)F)n3ncc(C(=O)OC[C@H]4CCCN5CCCC[C@H]45)c3n2)cc1OC. The number of fused-ring (bicyclic) bond motifs is 2. The number of piperidine rings is 2. The number of ether oxygens (including phenoxy) is 3. The van der Waals surface area contributed by atoms with Crippen molar-refractivity contribution in [3.8, 4) is 22.8 Å². The van der Waals surface area contributed by atoms with Crippen LogP contribution in [-0.4, -0.2) is 65.4 Å². The highest BCUT2D eigenvalue weighted by Crippen LogP contribution is 2.36. The van der Waals surface area contributed by atoms with Gasteiger partial charge in [-0.2, -0.15) is 18.3 Å². The number of hydrogen-bond acceptors (Lipinski definition) is 7. The Balaban J connectivity index is 1.47. The summed E-state index contributed by atoms with van der Waals surface area (Å²) in [6.45, 7) is 2.34. The van der Waals surface area contributed by atoms with Gasteiger partial charge in [0.1, 0.15) is 5.56 Å². The van der Waals surface area contributed by atoms with Gasteiger partial charge in [-0.05, 0) is 63.0 Å². The summed E-state index contributed by atoms with van der Waals surface area (Å²) in [5, 5.41) is 3.84. The molecule has 0 unspecified atom stereocenters. The number of hydrogen-bond donors (Lipinski definition) is 0. The largest absolute Gasteiger partial charge is 0.493 e. The summed E-state index contributed by atoms with van der Waals surface area (Å²) in [6.07, 6.45) is 1.77. The zero-order valence-electron chi connectivity index (χ0n) is 20.8. The number of methoxy groups -OCH3 is 2. The Kier molecular flexibility index (Phi) is 6.98. The van der Waals surface area contributed by atoms with E-state index in [9.17, 15) is 18.0 Å². The predicted octanol–water partition coefficient (Wildman–Crippen LogP) is 4.85. The van der Waals surface area contributed by atoms with Crippen LogP contribution in [0.25, 0.3) is 16.9 Å². The Labute approximate surface area is 212 Å². The third-order valence-electron chi connectivity index (χ3n) is 7.32. The molecule has 0 saturated carbocycles. The first-order valence-corrected chi connectivity index (χ1v) is 12.4. The molecule has 2 saturated heterocycles. The van der Waals surface area contributed by atoms with Gasteiger partial charge in [0.15, 0.2) is 22.8 Å². The fourth-order valence-corrected chi connectivity index (χ4v) is 5.48. The number of halogens is 3. The van der Waals surface area contributed by atoms with Crippen LogP contribution in [-0.2, 0) is 10.9 Å². The number of carbonyl (C=O) groups is 1. The van der Waals surface area contributed by atoms with E-state index in [1.54, 1.807) is 12.1 Å². The first-order chi connectivity index (χ1) is 17.8. The molecule has 2 aliphatic heterocycles. The standard InChI is InChI=1S/C26H29F3N4O4/c1-35-21-9-8-16(12-22(21)36-2)19-13-23(26(27,28)29)33-24(31-19)18(14-30-33)25(34)37-15-17-6-5-11-32-10-4-3-7-20(17)32/h8-9,12-14,17,20H,3-7,10-11,15H2,1-2H3/t17-,20-/m1/s1. The van der Waals surface area contributed by atoms with Gasteiger partial charge in [0.25, 0.3) is 0 Å². The maximum atomic E-state index is 14.0. The van der Waals surface area contributed by atoms with E-state index in [2.05, 4.69) is 15.0 Å². The van der Waals surface area contributed by atoms with E-state index in [0.29, 0.717) is 27.6 Å². The lowest BCUT2D eigenvalue weighted by Gasteiger charge is -2.44. The van der Waals surface area contributed by atoms with Crippen LogP contribution < -0.4 is 9.47 Å². The quantitative estimate of drug-likeness (QED) is 0.432. The summed E-state index contributed by atoms with van der Waals surface area (Å²) in [5.41, 5.74) is -0.991. The van der Waals surface area contributed by atoms with Crippen molar-refractivity contribution in [2.75, 3.05) is 33.9 Å². The van der Waals surface area contributed by atoms with Crippen molar-refractivity contribution in [3.05, 3.63) is 41.7 Å². The molecule has 0 spiro atoms. The molecule has 8 nitrogen and oxygen atoms in total. The summed E-state index contributed by atoms with van der Waals surface area (Å²) in [5.74, 6) is 0.248. The summed E-state index contributed by atoms with van der Waals surface area (Å²) in [7, 11) is 2.90. The Morgan fingerprint density at radius 2 is 1.84 bits per heavy atom. The maximum absolute atomic E-state index is 14.0. The highest BCUT2D eigenvalue weighted by atomic mass is 19.4. The lowest BCUT2D eigenvalue weighted by molar-refractivity contribution is -0.142. The number of esters is 1. The molecule has 5 rings (SSSR count). The van der Waals surface area contributed by atoms with Gasteiger partial charge in [-0.25, -0.2) is 14.3 Å². The zero-order chi connectivity index (χ0) is 26.2. The van der Waals surface area contributed by atoms with Crippen molar-refractivity contribution in [3.63, 3.8) is 0 Å². The lowest BCUT2D eigenvalue weighted by Crippen LogP contribution is -2.49. The molecule has 0 radical (unpaired) electrons. The summed E-state index contributed by atoms with van der Waals surface area (Å²) in [4.78, 5) is 19.9. The molecule has 37 heavy (non-hydrogen) atoms. The molecule has 0 bridgehead atoms. The number of aromatic nitrogens is 3. The highest BCUT2D eigenvalue weighted by molar-refractivity contribution is 5.96. The van der Waals surface area contributed by atoms with E-state index < -0.39 is 17.8 Å². The van der Waals surface area contributed by atoms with Gasteiger partial charge < -0.3 is 14.2 Å². The molecule has 1 aromatic carbocycles. The van der Waals surface area contributed by atoms with Crippen LogP contribution in [0.1, 0.15) is 48.2 Å². The third-order valence-corrected chi connectivity index (χ3v) is 7.32. The normalized spacial score (nSPS) is 20.5. The second-order valence-corrected chi connectivity index (χ2v) is 9.49. The third kappa shape index (κ3) is 4.96. The van der Waals surface area contributed by atoms with Crippen LogP contribution in [0.3, 0.4) is 0 Å². The summed E-state index contributed by atoms with van der Waals surface area (Å²) < 4.78 is 58.7. The molecule has 0 aliphatic carbocycles. The lowest BCUT2D eigenvalue weighted by atomic mass is 9.84. The fraction of sp³-hybridized carbons (Fsp3) is 0.500. The molecule has 198 valence electrons. The van der Waals surface area contributed by atoms with Crippen molar-refractivity contribution in [1.82, 2.24) is 19.5 Å². The van der Waals surface area contributed by atoms with E-state index in [4.69, 9.17) is 14.2 Å². The predicted molar refractivity (Wildman–Crippen MR) is 129 cm³/mol. The van der Waals surface area contributed by atoms with Crippen LogP contribution in [0.4, 0.5) is 13.2 Å². The minimum atomic E-state index is -4.73. The zero-order valence-corrected chi connectivity index (χ0v) is 20.8. The Hall–Kier alpha value is -3.34. The molecular formula is C26H29F3N4O4. The molecule has 2 aromatic heterocycles. The van der Waals surface area contributed by atoms with E-state index in [-0.39, 0.29) is 29.4 Å². The summed E-state index contributed by atoms with van der Waals surface area (Å²) >= 11 is 0. The number of alkyl halides is 3. The molecule has 3 aromatic rings. The maximum Gasteiger partial charge on any atom is 0.433 e. The molecule has 11 heteroatoms. The Morgan fingerprint density at radius 3 is 2.59 bits per heavy atom. The molecule has 2 atom stereocenters. The van der Waals surface area contributed by atoms with Crippen molar-refractivity contribution in [1.29, 1.82) is 0 Å². The average Bonchev–Trinajstić information content (AvgIpc) is 3.34. The van der Waals surface area contributed by atoms with Crippen molar-refractivity contribution < 1.29 is 32.2 Å². The van der Waals surface area contributed by atoms with Crippen molar-refractivity contribution in [2.45, 2.75) is 44.3 Å². The van der Waals surface area contributed by atoms with Crippen molar-refractivity contribution in [2.24, 2.45) is 5.92 Å². The van der Waals surface area contributed by atoms with Crippen LogP contribution in [0.15, 0.2) is 30.5 Å². The van der Waals surface area contributed by atoms with Gasteiger partial charge in [-0.15, -0.1) is 0 Å². The van der Waals surface area contributed by atoms with Gasteiger partial charge in [-0.1, -0.05) is 6.42 Å². The van der Waals surface area contributed by atoms with Crippen LogP contribution in [0.5, 0.6) is 11.5 Å². The first-order valence-electron chi connectivity index (χ1n) is 12.4. The Morgan fingerprint density at radius 1 is 1.05 bits per heavy atom. The smallest absolute Gasteiger partial charge is 0.433 e. The molecule has 0 amide bonds. The van der Waals surface area contributed by atoms with Gasteiger partial charge in [0.2, 0.25) is 0 Å². The topological polar surface area (TPSA) is 78.2 Å². The summed E-state index contributed by atoms with van der Waals surface area (Å²) in [6, 6.07) is 5.97. The molecule has 2 aliphatic rings. The molecule has 4 heterocycles.